The Bertz CT molecular complexity index is 2270. The molecule has 0 fully saturated rings. The van der Waals surface area contributed by atoms with E-state index in [0.717, 1.165) is 63.0 Å². The molecule has 5 aromatic heterocycles. The van der Waals surface area contributed by atoms with Crippen LogP contribution in [0.4, 0.5) is 5.69 Å². The van der Waals surface area contributed by atoms with Crippen molar-refractivity contribution in [2.45, 2.75) is 13.8 Å². The largest absolute Gasteiger partial charge is 0.422 e. The Balaban J connectivity index is 1.40. The van der Waals surface area contributed by atoms with Gasteiger partial charge in [0.25, 0.3) is 0 Å². The molecular weight excluding hydrogens is 516 g/mol. The molecule has 0 unspecified atom stereocenters. The number of hydrogen-bond donors (Lipinski definition) is 0. The van der Waals surface area contributed by atoms with Crippen molar-refractivity contribution in [1.29, 1.82) is 0 Å². The summed E-state index contributed by atoms with van der Waals surface area (Å²) >= 11 is 0. The maximum absolute atomic E-state index is 13.3. The van der Waals surface area contributed by atoms with Crippen LogP contribution in [-0.4, -0.2) is 26.8 Å². The van der Waals surface area contributed by atoms with E-state index in [-0.39, 0.29) is 11.3 Å². The van der Waals surface area contributed by atoms with Crippen molar-refractivity contribution in [2.24, 2.45) is 21.1 Å². The number of rotatable bonds is 5. The van der Waals surface area contributed by atoms with Gasteiger partial charge in [-0.1, -0.05) is 18.2 Å². The number of hydrogen-bond acceptors (Lipinski definition) is 5. The van der Waals surface area contributed by atoms with Gasteiger partial charge in [-0.2, -0.15) is 0 Å². The van der Waals surface area contributed by atoms with E-state index in [1.165, 1.54) is 0 Å². The highest BCUT2D eigenvalue weighted by Crippen LogP contribution is 2.37. The maximum Gasteiger partial charge on any atom is 0.345 e. The number of nitrogens with zero attached hydrogens (tertiary/aromatic N) is 4. The van der Waals surface area contributed by atoms with Crippen LogP contribution in [0.5, 0.6) is 0 Å². The van der Waals surface area contributed by atoms with Crippen molar-refractivity contribution in [3.63, 3.8) is 0 Å². The van der Waals surface area contributed by atoms with Crippen molar-refractivity contribution in [3.05, 3.63) is 87.6 Å². The van der Waals surface area contributed by atoms with E-state index in [1.54, 1.807) is 6.07 Å². The van der Waals surface area contributed by atoms with E-state index in [9.17, 15) is 9.59 Å². The molecule has 0 spiro atoms. The van der Waals surface area contributed by atoms with Gasteiger partial charge in [0, 0.05) is 56.8 Å². The number of aryl methyl sites for hydroxylation is 3. The van der Waals surface area contributed by atoms with Gasteiger partial charge in [-0.25, -0.2) is 9.59 Å². The zero-order valence-corrected chi connectivity index (χ0v) is 23.7. The van der Waals surface area contributed by atoms with Crippen molar-refractivity contribution in [1.82, 2.24) is 13.7 Å². The standard InChI is InChI=1S/C33H30N4O4/c1-6-37(7-2)21-13-12-20-15-23(33(39)41-29(20)16-21)25-18-27-31(36(25)5)30-26(34(27)3)17-24(35(30)4)22-14-19-10-8-9-11-28(19)40-32(22)38/h8-18H,6-7H2,1-5H3. The number of fused-ring (bicyclic) bond motifs is 5. The van der Waals surface area contributed by atoms with Crippen LogP contribution in [0.3, 0.4) is 0 Å². The molecule has 5 heterocycles. The molecule has 0 radical (unpaired) electrons. The summed E-state index contributed by atoms with van der Waals surface area (Å²) in [6.45, 7) is 5.97. The Kier molecular flexibility index (Phi) is 5.51. The molecule has 0 atom stereocenters. The van der Waals surface area contributed by atoms with Crippen molar-refractivity contribution >= 4 is 49.7 Å². The lowest BCUT2D eigenvalue weighted by atomic mass is 10.1. The smallest absolute Gasteiger partial charge is 0.345 e. The molecule has 206 valence electrons. The zero-order valence-electron chi connectivity index (χ0n) is 23.7. The van der Waals surface area contributed by atoms with Crippen LogP contribution in [0.15, 0.2) is 85.2 Å². The molecule has 7 rings (SSSR count). The monoisotopic (exact) mass is 546 g/mol. The van der Waals surface area contributed by atoms with E-state index >= 15 is 0 Å². The number of para-hydroxylation sites is 1. The summed E-state index contributed by atoms with van der Waals surface area (Å²) in [4.78, 5) is 28.5. The molecule has 0 saturated heterocycles. The van der Waals surface area contributed by atoms with Gasteiger partial charge >= 0.3 is 11.3 Å². The molecule has 8 heteroatoms. The highest BCUT2D eigenvalue weighted by Gasteiger charge is 2.23. The molecule has 0 aliphatic carbocycles. The van der Waals surface area contributed by atoms with Gasteiger partial charge in [0.05, 0.1) is 44.6 Å². The Morgan fingerprint density at radius 1 is 0.634 bits per heavy atom. The fourth-order valence-corrected chi connectivity index (χ4v) is 6.20. The number of aromatic nitrogens is 3. The molecule has 0 aliphatic heterocycles. The SMILES string of the molecule is CCN(CC)c1ccc2cc(-c3cc4c(c5c(cc(-c6cc7ccccc7oc6=O)n5C)n4C)n3C)c(=O)oc2c1. The van der Waals surface area contributed by atoms with Crippen LogP contribution in [0.25, 0.3) is 66.5 Å². The first-order chi connectivity index (χ1) is 19.8. The molecule has 0 N–H and O–H groups in total. The third kappa shape index (κ3) is 3.60. The van der Waals surface area contributed by atoms with E-state index in [2.05, 4.69) is 29.4 Å². The summed E-state index contributed by atoms with van der Waals surface area (Å²) in [5.74, 6) is 0. The minimum Gasteiger partial charge on any atom is -0.422 e. The zero-order chi connectivity index (χ0) is 28.6. The van der Waals surface area contributed by atoms with E-state index in [0.29, 0.717) is 22.3 Å². The summed E-state index contributed by atoms with van der Waals surface area (Å²) < 4.78 is 17.6. The minimum atomic E-state index is -0.378. The second-order valence-corrected chi connectivity index (χ2v) is 10.5. The molecule has 0 saturated carbocycles. The first kappa shape index (κ1) is 25.0. The Morgan fingerprint density at radius 2 is 1.17 bits per heavy atom. The molecule has 41 heavy (non-hydrogen) atoms. The van der Waals surface area contributed by atoms with Gasteiger partial charge in [-0.3, -0.25) is 0 Å². The highest BCUT2D eigenvalue weighted by molar-refractivity contribution is 6.08. The van der Waals surface area contributed by atoms with Gasteiger partial charge in [0.2, 0.25) is 0 Å². The predicted octanol–water partition coefficient (Wildman–Crippen LogP) is 6.40. The van der Waals surface area contributed by atoms with Crippen LogP contribution in [0.2, 0.25) is 0 Å². The van der Waals surface area contributed by atoms with Crippen molar-refractivity contribution in [2.75, 3.05) is 18.0 Å². The van der Waals surface area contributed by atoms with E-state index < -0.39 is 0 Å². The van der Waals surface area contributed by atoms with Crippen LogP contribution < -0.4 is 16.2 Å². The minimum absolute atomic E-state index is 0.377. The Labute approximate surface area is 235 Å². The first-order valence-corrected chi connectivity index (χ1v) is 13.8. The third-order valence-electron chi connectivity index (χ3n) is 8.41. The molecule has 8 nitrogen and oxygen atoms in total. The van der Waals surface area contributed by atoms with Gasteiger partial charge in [-0.05, 0) is 56.3 Å². The predicted molar refractivity (Wildman–Crippen MR) is 165 cm³/mol. The fourth-order valence-electron chi connectivity index (χ4n) is 6.20. The second-order valence-electron chi connectivity index (χ2n) is 10.5. The van der Waals surface area contributed by atoms with Gasteiger partial charge in [-0.15, -0.1) is 0 Å². The average molecular weight is 547 g/mol. The van der Waals surface area contributed by atoms with Gasteiger partial charge < -0.3 is 27.4 Å². The Hall–Kier alpha value is -4.98. The summed E-state index contributed by atoms with van der Waals surface area (Å²) in [5, 5.41) is 1.74. The summed E-state index contributed by atoms with van der Waals surface area (Å²) in [6.07, 6.45) is 0. The van der Waals surface area contributed by atoms with Gasteiger partial charge in [0.15, 0.2) is 0 Å². The van der Waals surface area contributed by atoms with Crippen molar-refractivity contribution in [3.8, 4) is 22.5 Å². The summed E-state index contributed by atoms with van der Waals surface area (Å²) in [7, 11) is 5.91. The number of anilines is 1. The second kappa shape index (κ2) is 9.02. The highest BCUT2D eigenvalue weighted by atomic mass is 16.4. The normalized spacial score (nSPS) is 11.9. The lowest BCUT2D eigenvalue weighted by molar-refractivity contribution is 0.562. The quantitative estimate of drug-likeness (QED) is 0.234. The maximum atomic E-state index is 13.3. The lowest BCUT2D eigenvalue weighted by Gasteiger charge is -2.21. The molecule has 0 amide bonds. The van der Waals surface area contributed by atoms with Crippen LogP contribution in [-0.2, 0) is 21.1 Å². The average Bonchev–Trinajstić information content (AvgIpc) is 3.57. The summed E-state index contributed by atoms with van der Waals surface area (Å²) in [5.41, 5.74) is 7.86. The summed E-state index contributed by atoms with van der Waals surface area (Å²) in [6, 6.07) is 21.4. The number of benzene rings is 2. The molecular formula is C33H30N4O4. The first-order valence-electron chi connectivity index (χ1n) is 13.8. The molecule has 7 aromatic rings. The van der Waals surface area contributed by atoms with Crippen LogP contribution in [0.1, 0.15) is 13.8 Å². The van der Waals surface area contributed by atoms with Crippen LogP contribution in [0, 0.1) is 0 Å². The fraction of sp³-hybridized carbons (Fsp3) is 0.212. The molecule has 0 bridgehead atoms. The van der Waals surface area contributed by atoms with Crippen LogP contribution >= 0.6 is 0 Å². The Morgan fingerprint density at radius 3 is 1.76 bits per heavy atom. The van der Waals surface area contributed by atoms with E-state index in [1.807, 2.05) is 84.9 Å². The van der Waals surface area contributed by atoms with E-state index in [4.69, 9.17) is 8.83 Å². The van der Waals surface area contributed by atoms with Gasteiger partial charge in [0.1, 0.15) is 11.2 Å². The molecule has 0 aliphatic rings. The molecule has 2 aromatic carbocycles. The topological polar surface area (TPSA) is 78.5 Å². The van der Waals surface area contributed by atoms with Crippen molar-refractivity contribution < 1.29 is 8.83 Å². The third-order valence-corrected chi connectivity index (χ3v) is 8.41. The lowest BCUT2D eigenvalue weighted by Crippen LogP contribution is -2.21.